The van der Waals surface area contributed by atoms with Crippen LogP contribution < -0.4 is 10.6 Å². The van der Waals surface area contributed by atoms with Crippen LogP contribution in [0, 0.1) is 5.92 Å². The fourth-order valence-corrected chi connectivity index (χ4v) is 3.08. The summed E-state index contributed by atoms with van der Waals surface area (Å²) in [5, 5.41) is 17.3. The van der Waals surface area contributed by atoms with Gasteiger partial charge >= 0.3 is 0 Å². The minimum absolute atomic E-state index is 0.327. The van der Waals surface area contributed by atoms with Crippen LogP contribution in [0.3, 0.4) is 0 Å². The molecule has 5 heteroatoms. The molecule has 1 saturated heterocycles. The van der Waals surface area contributed by atoms with Crippen LogP contribution >= 0.6 is 0 Å². The summed E-state index contributed by atoms with van der Waals surface area (Å²) in [4.78, 5) is 7.09. The lowest BCUT2D eigenvalue weighted by Gasteiger charge is -2.30. The molecule has 0 amide bonds. The van der Waals surface area contributed by atoms with Crippen molar-refractivity contribution in [2.24, 2.45) is 10.9 Å². The molecule has 1 heterocycles. The van der Waals surface area contributed by atoms with Crippen LogP contribution in [0.1, 0.15) is 39.2 Å². The summed E-state index contributed by atoms with van der Waals surface area (Å²) < 4.78 is 0. The number of nitrogens with zero attached hydrogens (tertiary/aromatic N) is 2. The number of aliphatic imine (C=N–C) groups is 1. The van der Waals surface area contributed by atoms with Gasteiger partial charge in [0, 0.05) is 19.6 Å². The molecule has 25 heavy (non-hydrogen) atoms. The Morgan fingerprint density at radius 3 is 2.56 bits per heavy atom. The van der Waals surface area contributed by atoms with Crippen molar-refractivity contribution in [1.82, 2.24) is 15.5 Å². The first kappa shape index (κ1) is 19.7. The number of rotatable bonds is 7. The Morgan fingerprint density at radius 1 is 1.24 bits per heavy atom. The number of hydrogen-bond donors (Lipinski definition) is 3. The van der Waals surface area contributed by atoms with Crippen molar-refractivity contribution in [3.63, 3.8) is 0 Å². The van der Waals surface area contributed by atoms with E-state index in [9.17, 15) is 5.11 Å². The first-order chi connectivity index (χ1) is 12.0. The van der Waals surface area contributed by atoms with E-state index < -0.39 is 5.60 Å². The topological polar surface area (TPSA) is 59.9 Å². The van der Waals surface area contributed by atoms with Crippen molar-refractivity contribution >= 4 is 5.96 Å². The second-order valence-electron chi connectivity index (χ2n) is 7.29. The van der Waals surface area contributed by atoms with E-state index in [2.05, 4.69) is 34.4 Å². The quantitative estimate of drug-likeness (QED) is 0.523. The predicted octanol–water partition coefficient (Wildman–Crippen LogP) is 2.18. The number of piperidine rings is 1. The maximum atomic E-state index is 10.7. The first-order valence-corrected chi connectivity index (χ1v) is 9.53. The van der Waals surface area contributed by atoms with Crippen LogP contribution in [0.15, 0.2) is 35.3 Å². The van der Waals surface area contributed by atoms with Gasteiger partial charge in [-0.3, -0.25) is 0 Å². The summed E-state index contributed by atoms with van der Waals surface area (Å²) >= 11 is 0. The summed E-state index contributed by atoms with van der Waals surface area (Å²) in [6.07, 6.45) is 2.60. The predicted molar refractivity (Wildman–Crippen MR) is 105 cm³/mol. The fraction of sp³-hybridized carbons (Fsp3) is 0.650. The lowest BCUT2D eigenvalue weighted by Crippen LogP contribution is -2.43. The highest BCUT2D eigenvalue weighted by molar-refractivity contribution is 5.79. The molecule has 140 valence electrons. The number of aliphatic hydroxyl groups is 1. The van der Waals surface area contributed by atoms with Gasteiger partial charge in [0.05, 0.1) is 6.54 Å². The third kappa shape index (κ3) is 6.67. The van der Waals surface area contributed by atoms with E-state index in [1.54, 1.807) is 0 Å². The number of likely N-dealkylation sites (tertiary alicyclic amines) is 1. The highest BCUT2D eigenvalue weighted by atomic mass is 16.3. The van der Waals surface area contributed by atoms with Crippen LogP contribution in [0.25, 0.3) is 0 Å². The van der Waals surface area contributed by atoms with Gasteiger partial charge in [0.1, 0.15) is 5.60 Å². The Bertz CT molecular complexity index is 522. The van der Waals surface area contributed by atoms with E-state index in [1.807, 2.05) is 37.3 Å². The highest BCUT2D eigenvalue weighted by Crippen LogP contribution is 2.20. The smallest absolute Gasteiger partial charge is 0.191 e. The third-order valence-electron chi connectivity index (χ3n) is 4.88. The van der Waals surface area contributed by atoms with Crippen molar-refractivity contribution in [3.05, 3.63) is 35.9 Å². The molecule has 1 unspecified atom stereocenters. The molecule has 1 atom stereocenters. The molecule has 5 nitrogen and oxygen atoms in total. The average molecular weight is 347 g/mol. The summed E-state index contributed by atoms with van der Waals surface area (Å²) in [5.41, 5.74) is -0.0795. The van der Waals surface area contributed by atoms with E-state index in [0.717, 1.165) is 37.1 Å². The number of guanidine groups is 1. The Balaban J connectivity index is 1.83. The van der Waals surface area contributed by atoms with Gasteiger partial charge in [-0.15, -0.1) is 0 Å². The minimum atomic E-state index is -0.966. The lowest BCUT2D eigenvalue weighted by atomic mass is 9.96. The molecule has 1 aliphatic heterocycles. The SMILES string of the molecule is CCNC(=NCC(C)(O)c1ccccc1)NCCN1CCC(C)CC1. The molecular weight excluding hydrogens is 312 g/mol. The Kier molecular flexibility index (Phi) is 7.72. The maximum Gasteiger partial charge on any atom is 0.191 e. The summed E-state index contributed by atoms with van der Waals surface area (Å²) in [6, 6.07) is 9.71. The molecule has 3 N–H and O–H groups in total. The highest BCUT2D eigenvalue weighted by Gasteiger charge is 2.22. The Morgan fingerprint density at radius 2 is 1.92 bits per heavy atom. The van der Waals surface area contributed by atoms with Gasteiger partial charge in [-0.25, -0.2) is 4.99 Å². The molecule has 1 aromatic carbocycles. The molecule has 0 spiro atoms. The maximum absolute atomic E-state index is 10.7. The second kappa shape index (κ2) is 9.78. The van der Waals surface area contributed by atoms with Gasteiger partial charge in [-0.1, -0.05) is 37.3 Å². The van der Waals surface area contributed by atoms with Crippen molar-refractivity contribution < 1.29 is 5.11 Å². The molecule has 1 aromatic rings. The van der Waals surface area contributed by atoms with Crippen LogP contribution in [0.4, 0.5) is 0 Å². The van der Waals surface area contributed by atoms with E-state index in [0.29, 0.717) is 6.54 Å². The van der Waals surface area contributed by atoms with Crippen LogP contribution in [-0.4, -0.2) is 55.2 Å². The van der Waals surface area contributed by atoms with Gasteiger partial charge in [-0.2, -0.15) is 0 Å². The van der Waals surface area contributed by atoms with Crippen molar-refractivity contribution in [1.29, 1.82) is 0 Å². The number of benzene rings is 1. The molecule has 0 bridgehead atoms. The van der Waals surface area contributed by atoms with Crippen molar-refractivity contribution in [2.75, 3.05) is 39.3 Å². The van der Waals surface area contributed by atoms with Crippen molar-refractivity contribution in [3.8, 4) is 0 Å². The lowest BCUT2D eigenvalue weighted by molar-refractivity contribution is 0.0672. The van der Waals surface area contributed by atoms with Crippen LogP contribution in [0.2, 0.25) is 0 Å². The zero-order chi connectivity index (χ0) is 18.1. The second-order valence-corrected chi connectivity index (χ2v) is 7.29. The first-order valence-electron chi connectivity index (χ1n) is 9.53. The fourth-order valence-electron chi connectivity index (χ4n) is 3.08. The summed E-state index contributed by atoms with van der Waals surface area (Å²) in [5.74, 6) is 1.63. The molecule has 0 radical (unpaired) electrons. The van der Waals surface area contributed by atoms with Gasteiger partial charge in [-0.05, 0) is 51.3 Å². The molecule has 1 aliphatic rings. The van der Waals surface area contributed by atoms with E-state index >= 15 is 0 Å². The van der Waals surface area contributed by atoms with Gasteiger partial charge in [0.25, 0.3) is 0 Å². The minimum Gasteiger partial charge on any atom is -0.384 e. The van der Waals surface area contributed by atoms with Crippen molar-refractivity contribution in [2.45, 2.75) is 39.2 Å². The van der Waals surface area contributed by atoms with Crippen LogP contribution in [-0.2, 0) is 5.60 Å². The number of hydrogen-bond acceptors (Lipinski definition) is 3. The summed E-state index contributed by atoms with van der Waals surface area (Å²) in [6.45, 7) is 11.6. The molecule has 2 rings (SSSR count). The van der Waals surface area contributed by atoms with Gasteiger partial charge < -0.3 is 20.6 Å². The van der Waals surface area contributed by atoms with E-state index in [-0.39, 0.29) is 0 Å². The molecule has 0 aromatic heterocycles. The third-order valence-corrected chi connectivity index (χ3v) is 4.88. The van der Waals surface area contributed by atoms with Gasteiger partial charge in [0.15, 0.2) is 5.96 Å². The molecular formula is C20H34N4O. The Hall–Kier alpha value is -1.59. The van der Waals surface area contributed by atoms with E-state index in [1.165, 1.54) is 25.9 Å². The molecule has 0 saturated carbocycles. The number of nitrogens with one attached hydrogen (secondary N) is 2. The van der Waals surface area contributed by atoms with Gasteiger partial charge in [0.2, 0.25) is 0 Å². The van der Waals surface area contributed by atoms with Crippen LogP contribution in [0.5, 0.6) is 0 Å². The largest absolute Gasteiger partial charge is 0.384 e. The zero-order valence-corrected chi connectivity index (χ0v) is 16.0. The normalized spacial score (nSPS) is 19.4. The standard InChI is InChI=1S/C20H34N4O/c1-4-21-19(22-12-15-24-13-10-17(2)11-14-24)23-16-20(3,25)18-8-6-5-7-9-18/h5-9,17,25H,4,10-16H2,1-3H3,(H2,21,22,23). The average Bonchev–Trinajstić information content (AvgIpc) is 2.62. The molecule has 1 fully saturated rings. The monoisotopic (exact) mass is 346 g/mol. The Labute approximate surface area is 152 Å². The summed E-state index contributed by atoms with van der Waals surface area (Å²) in [7, 11) is 0. The van der Waals surface area contributed by atoms with E-state index in [4.69, 9.17) is 0 Å². The zero-order valence-electron chi connectivity index (χ0n) is 16.0. The molecule has 0 aliphatic carbocycles.